The lowest BCUT2D eigenvalue weighted by molar-refractivity contribution is -0.120. The van der Waals surface area contributed by atoms with Crippen molar-refractivity contribution in [3.63, 3.8) is 0 Å². The lowest BCUT2D eigenvalue weighted by Crippen LogP contribution is -2.29. The van der Waals surface area contributed by atoms with Gasteiger partial charge in [0, 0.05) is 17.9 Å². The van der Waals surface area contributed by atoms with Crippen molar-refractivity contribution in [2.24, 2.45) is 5.92 Å². The van der Waals surface area contributed by atoms with Crippen LogP contribution in [0.3, 0.4) is 0 Å². The molecule has 2 atom stereocenters. The Kier molecular flexibility index (Phi) is 5.37. The summed E-state index contributed by atoms with van der Waals surface area (Å²) in [6.45, 7) is 1.41. The molecule has 0 fully saturated rings. The maximum Gasteiger partial charge on any atom is 0.173 e. The molecule has 2 unspecified atom stereocenters. The van der Waals surface area contributed by atoms with Crippen LogP contribution in [-0.4, -0.2) is 17.9 Å². The standard InChI is InChI=1S/C19H18O3/c1-14(21)18(19(22)16-10-6-3-7-11-16)17(12-13-20)15-8-4-2-5-9-15/h2-11,13,17-18H,12H2,1H3. The van der Waals surface area contributed by atoms with Crippen molar-refractivity contribution in [2.45, 2.75) is 19.3 Å². The first kappa shape index (κ1) is 15.8. The molecule has 0 aliphatic carbocycles. The molecule has 0 amide bonds. The smallest absolute Gasteiger partial charge is 0.173 e. The fourth-order valence-corrected chi connectivity index (χ4v) is 2.70. The van der Waals surface area contributed by atoms with Gasteiger partial charge in [0.05, 0.1) is 5.92 Å². The summed E-state index contributed by atoms with van der Waals surface area (Å²) in [5.74, 6) is -1.72. The SMILES string of the molecule is CC(=O)C(C(=O)c1ccccc1)C(CC=O)c1ccccc1. The molecule has 2 aromatic carbocycles. The summed E-state index contributed by atoms with van der Waals surface area (Å²) < 4.78 is 0. The minimum atomic E-state index is -0.838. The fourth-order valence-electron chi connectivity index (χ4n) is 2.70. The minimum absolute atomic E-state index is 0.146. The molecule has 2 aromatic rings. The lowest BCUT2D eigenvalue weighted by atomic mass is 9.77. The van der Waals surface area contributed by atoms with E-state index in [9.17, 15) is 14.4 Å². The van der Waals surface area contributed by atoms with Gasteiger partial charge in [0.1, 0.15) is 12.1 Å². The number of hydrogen-bond donors (Lipinski definition) is 0. The van der Waals surface area contributed by atoms with Gasteiger partial charge in [-0.25, -0.2) is 0 Å². The van der Waals surface area contributed by atoms with Crippen LogP contribution < -0.4 is 0 Å². The summed E-state index contributed by atoms with van der Waals surface area (Å²) in [7, 11) is 0. The third-order valence-electron chi connectivity index (χ3n) is 3.76. The van der Waals surface area contributed by atoms with Crippen LogP contribution in [0.15, 0.2) is 60.7 Å². The first-order chi connectivity index (χ1) is 10.6. The number of Topliss-reactive ketones (excluding diaryl/α,β-unsaturated/α-hetero) is 2. The second-order valence-corrected chi connectivity index (χ2v) is 5.24. The van der Waals surface area contributed by atoms with E-state index in [1.165, 1.54) is 6.92 Å². The van der Waals surface area contributed by atoms with E-state index in [0.717, 1.165) is 11.8 Å². The summed E-state index contributed by atoms with van der Waals surface area (Å²) >= 11 is 0. The molecule has 0 saturated heterocycles. The second-order valence-electron chi connectivity index (χ2n) is 5.24. The number of ketones is 2. The van der Waals surface area contributed by atoms with Crippen LogP contribution in [0.5, 0.6) is 0 Å². The molecule has 0 spiro atoms. The molecule has 3 heteroatoms. The fraction of sp³-hybridized carbons (Fsp3) is 0.211. The Morgan fingerprint density at radius 3 is 2.00 bits per heavy atom. The van der Waals surface area contributed by atoms with E-state index >= 15 is 0 Å². The van der Waals surface area contributed by atoms with E-state index in [4.69, 9.17) is 0 Å². The van der Waals surface area contributed by atoms with E-state index in [1.807, 2.05) is 36.4 Å². The number of carbonyl (C=O) groups is 3. The molecule has 0 radical (unpaired) electrons. The highest BCUT2D eigenvalue weighted by atomic mass is 16.2. The predicted molar refractivity (Wildman–Crippen MR) is 84.8 cm³/mol. The van der Waals surface area contributed by atoms with Gasteiger partial charge in [-0.1, -0.05) is 60.7 Å². The van der Waals surface area contributed by atoms with Crippen molar-refractivity contribution >= 4 is 17.9 Å². The molecule has 22 heavy (non-hydrogen) atoms. The third kappa shape index (κ3) is 3.55. The van der Waals surface area contributed by atoms with Crippen LogP contribution in [0.1, 0.15) is 35.2 Å². The molecular formula is C19H18O3. The zero-order valence-electron chi connectivity index (χ0n) is 12.4. The van der Waals surface area contributed by atoms with Gasteiger partial charge >= 0.3 is 0 Å². The van der Waals surface area contributed by atoms with Crippen molar-refractivity contribution in [3.8, 4) is 0 Å². The van der Waals surface area contributed by atoms with Crippen LogP contribution >= 0.6 is 0 Å². The number of benzene rings is 2. The maximum absolute atomic E-state index is 12.7. The van der Waals surface area contributed by atoms with E-state index < -0.39 is 11.8 Å². The average Bonchev–Trinajstić information content (AvgIpc) is 2.55. The summed E-state index contributed by atoms with van der Waals surface area (Å²) in [5, 5.41) is 0. The van der Waals surface area contributed by atoms with Crippen molar-refractivity contribution in [1.29, 1.82) is 0 Å². The van der Waals surface area contributed by atoms with Gasteiger partial charge < -0.3 is 4.79 Å². The first-order valence-electron chi connectivity index (χ1n) is 7.23. The highest BCUT2D eigenvalue weighted by Gasteiger charge is 2.33. The second kappa shape index (κ2) is 7.46. The number of carbonyl (C=O) groups excluding carboxylic acids is 3. The maximum atomic E-state index is 12.7. The molecule has 0 aliphatic rings. The molecule has 3 nitrogen and oxygen atoms in total. The van der Waals surface area contributed by atoms with Gasteiger partial charge in [-0.15, -0.1) is 0 Å². The van der Waals surface area contributed by atoms with Crippen molar-refractivity contribution in [2.75, 3.05) is 0 Å². The average molecular weight is 294 g/mol. The van der Waals surface area contributed by atoms with E-state index in [-0.39, 0.29) is 18.0 Å². The van der Waals surface area contributed by atoms with Gasteiger partial charge in [-0.05, 0) is 12.5 Å². The Morgan fingerprint density at radius 1 is 0.955 bits per heavy atom. The molecule has 0 aliphatic heterocycles. The van der Waals surface area contributed by atoms with E-state index in [0.29, 0.717) is 5.56 Å². The summed E-state index contributed by atoms with van der Waals surface area (Å²) in [6, 6.07) is 18.0. The topological polar surface area (TPSA) is 51.2 Å². The third-order valence-corrected chi connectivity index (χ3v) is 3.76. The molecule has 0 saturated carbocycles. The van der Waals surface area contributed by atoms with E-state index in [2.05, 4.69) is 0 Å². The molecule has 0 heterocycles. The van der Waals surface area contributed by atoms with Crippen molar-refractivity contribution in [1.82, 2.24) is 0 Å². The van der Waals surface area contributed by atoms with Gasteiger partial charge in [0.15, 0.2) is 5.78 Å². The molecular weight excluding hydrogens is 276 g/mol. The van der Waals surface area contributed by atoms with Gasteiger partial charge in [0.25, 0.3) is 0 Å². The Balaban J connectivity index is 2.42. The van der Waals surface area contributed by atoms with Crippen LogP contribution in [0.25, 0.3) is 0 Å². The van der Waals surface area contributed by atoms with E-state index in [1.54, 1.807) is 24.3 Å². The first-order valence-corrected chi connectivity index (χ1v) is 7.23. The Labute approximate surface area is 130 Å². The Hall–Kier alpha value is -2.55. The number of rotatable bonds is 7. The van der Waals surface area contributed by atoms with Crippen LogP contribution in [0, 0.1) is 5.92 Å². The molecule has 112 valence electrons. The Bertz CT molecular complexity index is 647. The number of aldehydes is 1. The predicted octanol–water partition coefficient (Wildman–Crippen LogP) is 3.45. The molecule has 0 bridgehead atoms. The highest BCUT2D eigenvalue weighted by Crippen LogP contribution is 2.31. The highest BCUT2D eigenvalue weighted by molar-refractivity contribution is 6.10. The minimum Gasteiger partial charge on any atom is -0.303 e. The molecule has 2 rings (SSSR count). The summed E-state index contributed by atoms with van der Waals surface area (Å²) in [6.07, 6.45) is 0.915. The van der Waals surface area contributed by atoms with Gasteiger partial charge in [-0.3, -0.25) is 9.59 Å². The zero-order valence-corrected chi connectivity index (χ0v) is 12.4. The van der Waals surface area contributed by atoms with Crippen molar-refractivity contribution in [3.05, 3.63) is 71.8 Å². The molecule has 0 aromatic heterocycles. The van der Waals surface area contributed by atoms with Gasteiger partial charge in [0.2, 0.25) is 0 Å². The Morgan fingerprint density at radius 2 is 1.50 bits per heavy atom. The quantitative estimate of drug-likeness (QED) is 0.446. The lowest BCUT2D eigenvalue weighted by Gasteiger charge is -2.23. The van der Waals surface area contributed by atoms with Crippen LogP contribution in [-0.2, 0) is 9.59 Å². The summed E-state index contributed by atoms with van der Waals surface area (Å²) in [4.78, 5) is 35.9. The van der Waals surface area contributed by atoms with Gasteiger partial charge in [-0.2, -0.15) is 0 Å². The molecule has 0 N–H and O–H groups in total. The monoisotopic (exact) mass is 294 g/mol. The zero-order chi connectivity index (χ0) is 15.9. The van der Waals surface area contributed by atoms with Crippen LogP contribution in [0.2, 0.25) is 0 Å². The summed E-state index contributed by atoms with van der Waals surface area (Å²) in [5.41, 5.74) is 1.33. The largest absolute Gasteiger partial charge is 0.303 e. The normalized spacial score (nSPS) is 13.1. The van der Waals surface area contributed by atoms with Crippen LogP contribution in [0.4, 0.5) is 0 Å². The van der Waals surface area contributed by atoms with Crippen molar-refractivity contribution < 1.29 is 14.4 Å². The number of hydrogen-bond acceptors (Lipinski definition) is 3.